The standard InChI is InChI=1S/C25H12F6/c1-13-6-23(30)25(24(31)7-13)17-11-19(26)18(20(27)12-17)5-3-14-2-4-15-9-21(28)22(29)10-16(15)8-14/h2,4,6-12H,1H3. The monoisotopic (exact) mass is 426 g/mol. The molecule has 0 spiro atoms. The predicted molar refractivity (Wildman–Crippen MR) is 106 cm³/mol. The molecule has 4 aromatic rings. The first-order chi connectivity index (χ1) is 14.7. The van der Waals surface area contributed by atoms with E-state index >= 15 is 0 Å². The number of halogens is 6. The van der Waals surface area contributed by atoms with Gasteiger partial charge in [-0.25, -0.2) is 26.3 Å². The molecule has 0 aliphatic carbocycles. The summed E-state index contributed by atoms with van der Waals surface area (Å²) in [4.78, 5) is 0. The van der Waals surface area contributed by atoms with E-state index in [9.17, 15) is 26.3 Å². The molecule has 0 atom stereocenters. The molecule has 0 bridgehead atoms. The number of benzene rings is 4. The molecule has 0 aliphatic rings. The van der Waals surface area contributed by atoms with Gasteiger partial charge in [0.05, 0.1) is 11.1 Å². The van der Waals surface area contributed by atoms with Gasteiger partial charge in [0, 0.05) is 5.56 Å². The summed E-state index contributed by atoms with van der Waals surface area (Å²) in [6.45, 7) is 1.49. The summed E-state index contributed by atoms with van der Waals surface area (Å²) in [6, 6.07) is 10.2. The molecular formula is C25H12F6. The van der Waals surface area contributed by atoms with E-state index in [4.69, 9.17) is 0 Å². The summed E-state index contributed by atoms with van der Waals surface area (Å²) < 4.78 is 84.1. The first kappa shape index (κ1) is 20.5. The van der Waals surface area contributed by atoms with E-state index in [1.807, 2.05) is 0 Å². The molecule has 6 heteroatoms. The van der Waals surface area contributed by atoms with Crippen LogP contribution in [0.25, 0.3) is 21.9 Å². The van der Waals surface area contributed by atoms with Gasteiger partial charge in [0.25, 0.3) is 0 Å². The van der Waals surface area contributed by atoms with Crippen LogP contribution in [0.4, 0.5) is 26.3 Å². The van der Waals surface area contributed by atoms with Crippen molar-refractivity contribution in [3.63, 3.8) is 0 Å². The Morgan fingerprint density at radius 3 is 1.74 bits per heavy atom. The van der Waals surface area contributed by atoms with Gasteiger partial charge in [0.1, 0.15) is 23.3 Å². The van der Waals surface area contributed by atoms with E-state index in [1.54, 1.807) is 0 Å². The van der Waals surface area contributed by atoms with Gasteiger partial charge in [0.2, 0.25) is 0 Å². The Balaban J connectivity index is 1.74. The Hall–Kier alpha value is -3.72. The number of hydrogen-bond acceptors (Lipinski definition) is 0. The van der Waals surface area contributed by atoms with E-state index in [0.717, 1.165) is 36.4 Å². The van der Waals surface area contributed by atoms with Gasteiger partial charge in [-0.15, -0.1) is 0 Å². The van der Waals surface area contributed by atoms with E-state index in [-0.39, 0.29) is 5.56 Å². The zero-order valence-corrected chi connectivity index (χ0v) is 16.0. The molecule has 0 fully saturated rings. The van der Waals surface area contributed by atoms with Crippen LogP contribution >= 0.6 is 0 Å². The first-order valence-corrected chi connectivity index (χ1v) is 9.09. The molecule has 0 amide bonds. The molecule has 0 saturated heterocycles. The maximum atomic E-state index is 14.5. The van der Waals surface area contributed by atoms with Gasteiger partial charge in [-0.1, -0.05) is 17.9 Å². The lowest BCUT2D eigenvalue weighted by Crippen LogP contribution is -1.97. The third kappa shape index (κ3) is 3.99. The molecular weight excluding hydrogens is 414 g/mol. The van der Waals surface area contributed by atoms with Gasteiger partial charge in [0.15, 0.2) is 11.6 Å². The molecule has 4 aromatic carbocycles. The maximum Gasteiger partial charge on any atom is 0.159 e. The van der Waals surface area contributed by atoms with Crippen molar-refractivity contribution in [2.45, 2.75) is 6.92 Å². The molecule has 4 rings (SSSR count). The normalized spacial score (nSPS) is 10.8. The van der Waals surface area contributed by atoms with Gasteiger partial charge in [-0.3, -0.25) is 0 Å². The number of hydrogen-bond donors (Lipinski definition) is 0. The minimum absolute atomic E-state index is 0.293. The van der Waals surface area contributed by atoms with Crippen LogP contribution in [-0.4, -0.2) is 0 Å². The van der Waals surface area contributed by atoms with Crippen molar-refractivity contribution in [1.29, 1.82) is 0 Å². The Bertz CT molecular complexity index is 1360. The third-order valence-electron chi connectivity index (χ3n) is 4.73. The summed E-state index contributed by atoms with van der Waals surface area (Å²) in [5, 5.41) is 0.806. The zero-order valence-electron chi connectivity index (χ0n) is 16.0. The van der Waals surface area contributed by atoms with Crippen molar-refractivity contribution in [2.24, 2.45) is 0 Å². The smallest absolute Gasteiger partial charge is 0.159 e. The topological polar surface area (TPSA) is 0 Å². The molecule has 154 valence electrons. The number of rotatable bonds is 1. The fourth-order valence-electron chi connectivity index (χ4n) is 3.27. The average Bonchev–Trinajstić information content (AvgIpc) is 2.67. The van der Waals surface area contributed by atoms with E-state index < -0.39 is 46.0 Å². The first-order valence-electron chi connectivity index (χ1n) is 9.09. The van der Waals surface area contributed by atoms with Crippen LogP contribution in [0.3, 0.4) is 0 Å². The Kier molecular flexibility index (Phi) is 5.20. The molecule has 0 saturated carbocycles. The van der Waals surface area contributed by atoms with Crippen LogP contribution in [0.15, 0.2) is 54.6 Å². The number of fused-ring (bicyclic) bond motifs is 1. The minimum atomic E-state index is -1.09. The van der Waals surface area contributed by atoms with E-state index in [1.165, 1.54) is 25.1 Å². The Morgan fingerprint density at radius 1 is 0.548 bits per heavy atom. The van der Waals surface area contributed by atoms with Gasteiger partial charge in [-0.05, 0) is 77.4 Å². The van der Waals surface area contributed by atoms with Crippen molar-refractivity contribution in [2.75, 3.05) is 0 Å². The van der Waals surface area contributed by atoms with Crippen LogP contribution in [-0.2, 0) is 0 Å². The molecule has 0 heterocycles. The summed E-state index contributed by atoms with van der Waals surface area (Å²) in [5.74, 6) is -1.15. The second-order valence-electron chi connectivity index (χ2n) is 7.00. The molecule has 0 aliphatic heterocycles. The Morgan fingerprint density at radius 2 is 1.13 bits per heavy atom. The zero-order chi connectivity index (χ0) is 22.3. The summed E-state index contributed by atoms with van der Waals surface area (Å²) >= 11 is 0. The molecule has 0 radical (unpaired) electrons. The summed E-state index contributed by atoms with van der Waals surface area (Å²) in [7, 11) is 0. The van der Waals surface area contributed by atoms with Gasteiger partial charge in [-0.2, -0.15) is 0 Å². The third-order valence-corrected chi connectivity index (χ3v) is 4.73. The maximum absolute atomic E-state index is 14.5. The quantitative estimate of drug-likeness (QED) is 0.226. The van der Waals surface area contributed by atoms with Crippen LogP contribution < -0.4 is 0 Å². The summed E-state index contributed by atoms with van der Waals surface area (Å²) in [6.07, 6.45) is 0. The van der Waals surface area contributed by atoms with Crippen molar-refractivity contribution >= 4 is 10.8 Å². The minimum Gasteiger partial charge on any atom is -0.206 e. The van der Waals surface area contributed by atoms with Crippen molar-refractivity contribution in [3.05, 3.63) is 106 Å². The lowest BCUT2D eigenvalue weighted by molar-refractivity contribution is 0.511. The molecule has 0 unspecified atom stereocenters. The largest absolute Gasteiger partial charge is 0.206 e. The second kappa shape index (κ2) is 7.84. The van der Waals surface area contributed by atoms with Gasteiger partial charge >= 0.3 is 0 Å². The van der Waals surface area contributed by atoms with Crippen LogP contribution in [0, 0.1) is 53.7 Å². The molecule has 0 N–H and O–H groups in total. The van der Waals surface area contributed by atoms with Crippen LogP contribution in [0.5, 0.6) is 0 Å². The molecule has 0 aromatic heterocycles. The lowest BCUT2D eigenvalue weighted by Gasteiger charge is -2.08. The van der Waals surface area contributed by atoms with Crippen LogP contribution in [0.1, 0.15) is 16.7 Å². The van der Waals surface area contributed by atoms with Crippen molar-refractivity contribution < 1.29 is 26.3 Å². The molecule has 31 heavy (non-hydrogen) atoms. The Labute approximate surface area is 173 Å². The van der Waals surface area contributed by atoms with E-state index in [2.05, 4.69) is 11.8 Å². The predicted octanol–water partition coefficient (Wildman–Crippen LogP) is 7.05. The van der Waals surface area contributed by atoms with Crippen molar-refractivity contribution in [3.8, 4) is 23.0 Å². The number of aryl methyl sites for hydroxylation is 1. The molecule has 0 nitrogen and oxygen atoms in total. The van der Waals surface area contributed by atoms with Crippen molar-refractivity contribution in [1.82, 2.24) is 0 Å². The van der Waals surface area contributed by atoms with E-state index in [0.29, 0.717) is 21.9 Å². The SMILES string of the molecule is Cc1cc(F)c(-c2cc(F)c(C#Cc3ccc4cc(F)c(F)cc4c3)c(F)c2)c(F)c1. The highest BCUT2D eigenvalue weighted by atomic mass is 19.2. The highest BCUT2D eigenvalue weighted by molar-refractivity contribution is 5.84. The fourth-order valence-corrected chi connectivity index (χ4v) is 3.27. The fraction of sp³-hybridized carbons (Fsp3) is 0.0400. The second-order valence-corrected chi connectivity index (χ2v) is 7.00. The highest BCUT2D eigenvalue weighted by Crippen LogP contribution is 2.30. The van der Waals surface area contributed by atoms with Crippen LogP contribution in [0.2, 0.25) is 0 Å². The van der Waals surface area contributed by atoms with Gasteiger partial charge < -0.3 is 0 Å². The lowest BCUT2D eigenvalue weighted by atomic mass is 10.00. The summed E-state index contributed by atoms with van der Waals surface area (Å²) in [5.41, 5.74) is -0.760. The highest BCUT2D eigenvalue weighted by Gasteiger charge is 2.17. The average molecular weight is 426 g/mol.